The number of piperidine rings is 1. The minimum Gasteiger partial charge on any atom is -0.368 e. The van der Waals surface area contributed by atoms with Crippen LogP contribution < -0.4 is 10.5 Å². The maximum absolute atomic E-state index is 13.0. The third-order valence-corrected chi connectivity index (χ3v) is 7.42. The molecule has 7 heteroatoms. The van der Waals surface area contributed by atoms with Crippen LogP contribution in [-0.4, -0.2) is 71.6 Å². The molecule has 3 fully saturated rings. The molecule has 31 heavy (non-hydrogen) atoms. The van der Waals surface area contributed by atoms with Crippen LogP contribution in [0.3, 0.4) is 0 Å². The average molecular weight is 424 g/mol. The number of hydrogen-bond donors (Lipinski definition) is 0. The van der Waals surface area contributed by atoms with Crippen LogP contribution >= 0.6 is 0 Å². The van der Waals surface area contributed by atoms with Crippen molar-refractivity contribution in [1.29, 1.82) is 0 Å². The van der Waals surface area contributed by atoms with E-state index in [2.05, 4.69) is 21.8 Å². The zero-order valence-corrected chi connectivity index (χ0v) is 18.5. The monoisotopic (exact) mass is 423 g/mol. The first-order valence-corrected chi connectivity index (χ1v) is 11.8. The molecular weight excluding hydrogens is 390 g/mol. The molecule has 2 saturated heterocycles. The lowest BCUT2D eigenvalue weighted by Crippen LogP contribution is -2.52. The van der Waals surface area contributed by atoms with Crippen LogP contribution in [0.15, 0.2) is 29.3 Å². The van der Waals surface area contributed by atoms with E-state index in [9.17, 15) is 9.59 Å². The molecule has 7 nitrogen and oxygen atoms in total. The highest BCUT2D eigenvalue weighted by Gasteiger charge is 2.30. The van der Waals surface area contributed by atoms with Crippen molar-refractivity contribution in [2.45, 2.75) is 44.6 Å². The predicted octanol–water partition coefficient (Wildman–Crippen LogP) is 2.50. The zero-order chi connectivity index (χ0) is 21.4. The molecule has 3 heterocycles. The van der Waals surface area contributed by atoms with Gasteiger partial charge in [0.05, 0.1) is 23.1 Å². The molecule has 1 amide bonds. The third kappa shape index (κ3) is 4.07. The summed E-state index contributed by atoms with van der Waals surface area (Å²) in [6.45, 7) is 5.13. The topological polar surface area (TPSA) is 61.7 Å². The molecule has 2 aromatic rings. The summed E-state index contributed by atoms with van der Waals surface area (Å²) in [5.41, 5.74) is 1.93. The van der Waals surface area contributed by atoms with E-state index in [-0.39, 0.29) is 11.5 Å². The summed E-state index contributed by atoms with van der Waals surface area (Å²) < 4.78 is 1.84. The Bertz CT molecular complexity index is 1000. The van der Waals surface area contributed by atoms with Gasteiger partial charge in [0.15, 0.2) is 0 Å². The van der Waals surface area contributed by atoms with Crippen LogP contribution in [0, 0.1) is 5.92 Å². The Hall–Kier alpha value is -2.41. The highest BCUT2D eigenvalue weighted by molar-refractivity contribution is 5.82. The second-order valence-corrected chi connectivity index (χ2v) is 9.51. The molecule has 0 N–H and O–H groups in total. The fourth-order valence-corrected chi connectivity index (χ4v) is 5.57. The lowest BCUT2D eigenvalue weighted by Gasteiger charge is -2.39. The minimum atomic E-state index is 0.0799. The van der Waals surface area contributed by atoms with Crippen LogP contribution in [0.5, 0.6) is 0 Å². The summed E-state index contributed by atoms with van der Waals surface area (Å²) >= 11 is 0. The molecule has 5 rings (SSSR count). The molecule has 166 valence electrons. The van der Waals surface area contributed by atoms with Crippen molar-refractivity contribution in [3.8, 4) is 0 Å². The van der Waals surface area contributed by atoms with Crippen molar-refractivity contribution in [3.63, 3.8) is 0 Å². The SMILES string of the molecule is CN1CCCC(C(=O)N2CCN(c3ccc4c(=O)n(C5CCCC5)cnc4c3)CC2)C1. The summed E-state index contributed by atoms with van der Waals surface area (Å²) in [5, 5.41) is 0.702. The number of benzene rings is 1. The largest absolute Gasteiger partial charge is 0.368 e. The molecule has 1 atom stereocenters. The molecule has 1 aromatic carbocycles. The number of likely N-dealkylation sites (tertiary alicyclic amines) is 1. The molecule has 0 bridgehead atoms. The zero-order valence-electron chi connectivity index (χ0n) is 18.5. The number of carbonyl (C=O) groups is 1. The fraction of sp³-hybridized carbons (Fsp3) is 0.625. The number of anilines is 1. The summed E-state index contributed by atoms with van der Waals surface area (Å²) in [4.78, 5) is 37.1. The van der Waals surface area contributed by atoms with E-state index in [1.54, 1.807) is 6.33 Å². The van der Waals surface area contributed by atoms with Gasteiger partial charge in [-0.3, -0.25) is 14.2 Å². The van der Waals surface area contributed by atoms with Gasteiger partial charge in [-0.15, -0.1) is 0 Å². The van der Waals surface area contributed by atoms with Gasteiger partial charge in [0, 0.05) is 44.5 Å². The van der Waals surface area contributed by atoms with Gasteiger partial charge in [0.2, 0.25) is 5.91 Å². The Balaban J connectivity index is 1.27. The fourth-order valence-electron chi connectivity index (χ4n) is 5.57. The number of aromatic nitrogens is 2. The summed E-state index contributed by atoms with van der Waals surface area (Å²) in [7, 11) is 2.10. The second kappa shape index (κ2) is 8.61. The molecule has 0 spiro atoms. The standard InChI is InChI=1S/C24H33N5O2/c1-26-10-4-5-18(16-26)23(30)28-13-11-27(12-14-28)20-8-9-21-22(15-20)25-17-29(24(21)31)19-6-2-3-7-19/h8-9,15,17-19H,2-7,10-14,16H2,1H3. The minimum absolute atomic E-state index is 0.0799. The molecule has 3 aliphatic rings. The molecule has 1 saturated carbocycles. The molecular formula is C24H33N5O2. The van der Waals surface area contributed by atoms with Crippen molar-refractivity contribution in [2.75, 3.05) is 51.2 Å². The number of rotatable bonds is 3. The van der Waals surface area contributed by atoms with Gasteiger partial charge < -0.3 is 14.7 Å². The second-order valence-electron chi connectivity index (χ2n) is 9.51. The Labute approximate surface area is 183 Å². The maximum Gasteiger partial charge on any atom is 0.261 e. The Morgan fingerprint density at radius 3 is 2.52 bits per heavy atom. The van der Waals surface area contributed by atoms with E-state index in [1.807, 2.05) is 27.7 Å². The molecule has 1 aliphatic carbocycles. The number of hydrogen-bond acceptors (Lipinski definition) is 5. The Morgan fingerprint density at radius 1 is 1.00 bits per heavy atom. The van der Waals surface area contributed by atoms with Gasteiger partial charge in [0.1, 0.15) is 0 Å². The van der Waals surface area contributed by atoms with Gasteiger partial charge in [0.25, 0.3) is 5.56 Å². The molecule has 0 radical (unpaired) electrons. The van der Waals surface area contributed by atoms with E-state index in [1.165, 1.54) is 12.8 Å². The van der Waals surface area contributed by atoms with Crippen molar-refractivity contribution in [3.05, 3.63) is 34.9 Å². The first-order chi connectivity index (χ1) is 15.1. The van der Waals surface area contributed by atoms with Crippen molar-refractivity contribution in [2.24, 2.45) is 5.92 Å². The van der Waals surface area contributed by atoms with E-state index in [0.29, 0.717) is 17.3 Å². The Morgan fingerprint density at radius 2 is 1.77 bits per heavy atom. The van der Waals surface area contributed by atoms with E-state index >= 15 is 0 Å². The van der Waals surface area contributed by atoms with Crippen LogP contribution in [-0.2, 0) is 4.79 Å². The quantitative estimate of drug-likeness (QED) is 0.759. The van der Waals surface area contributed by atoms with Crippen molar-refractivity contribution < 1.29 is 4.79 Å². The lowest BCUT2D eigenvalue weighted by molar-refractivity contribution is -0.137. The third-order valence-electron chi connectivity index (χ3n) is 7.42. The van der Waals surface area contributed by atoms with Gasteiger partial charge in [-0.2, -0.15) is 0 Å². The van der Waals surface area contributed by atoms with Gasteiger partial charge in [-0.25, -0.2) is 4.98 Å². The molecule has 1 unspecified atom stereocenters. The maximum atomic E-state index is 13.0. The number of carbonyl (C=O) groups excluding carboxylic acids is 1. The van der Waals surface area contributed by atoms with Crippen molar-refractivity contribution >= 4 is 22.5 Å². The number of piperazine rings is 1. The lowest BCUT2D eigenvalue weighted by atomic mass is 9.96. The van der Waals surface area contributed by atoms with Crippen LogP contribution in [0.1, 0.15) is 44.6 Å². The smallest absolute Gasteiger partial charge is 0.261 e. The van der Waals surface area contributed by atoms with E-state index in [4.69, 9.17) is 0 Å². The van der Waals surface area contributed by atoms with Gasteiger partial charge in [-0.1, -0.05) is 12.8 Å². The highest BCUT2D eigenvalue weighted by atomic mass is 16.2. The van der Waals surface area contributed by atoms with Crippen LogP contribution in [0.4, 0.5) is 5.69 Å². The van der Waals surface area contributed by atoms with Crippen LogP contribution in [0.25, 0.3) is 10.9 Å². The van der Waals surface area contributed by atoms with E-state index < -0.39 is 0 Å². The Kier molecular flexibility index (Phi) is 5.69. The van der Waals surface area contributed by atoms with E-state index in [0.717, 1.165) is 76.2 Å². The summed E-state index contributed by atoms with van der Waals surface area (Å²) in [5.74, 6) is 0.469. The highest BCUT2D eigenvalue weighted by Crippen LogP contribution is 2.29. The number of nitrogens with zero attached hydrogens (tertiary/aromatic N) is 5. The normalized spacial score (nSPS) is 23.6. The molecule has 2 aliphatic heterocycles. The first-order valence-electron chi connectivity index (χ1n) is 11.8. The first kappa shape index (κ1) is 20.5. The summed E-state index contributed by atoms with van der Waals surface area (Å²) in [6.07, 6.45) is 8.40. The van der Waals surface area contributed by atoms with Gasteiger partial charge in [-0.05, 0) is 57.5 Å². The van der Waals surface area contributed by atoms with Gasteiger partial charge >= 0.3 is 0 Å². The van der Waals surface area contributed by atoms with Crippen molar-refractivity contribution in [1.82, 2.24) is 19.4 Å². The number of fused-ring (bicyclic) bond motifs is 1. The molecule has 1 aromatic heterocycles. The predicted molar refractivity (Wildman–Crippen MR) is 123 cm³/mol. The van der Waals surface area contributed by atoms with Crippen LogP contribution in [0.2, 0.25) is 0 Å². The summed E-state index contributed by atoms with van der Waals surface area (Å²) in [6, 6.07) is 6.31. The number of amides is 1. The average Bonchev–Trinajstić information content (AvgIpc) is 3.33.